The zero-order valence-corrected chi connectivity index (χ0v) is 9.38. The summed E-state index contributed by atoms with van der Waals surface area (Å²) in [5, 5.41) is 5.87. The fraction of sp³-hybridized carbons (Fsp3) is 0.800. The average Bonchev–Trinajstić information content (AvgIpc) is 2.20. The third-order valence-corrected chi connectivity index (χ3v) is 2.53. The number of carbonyl (C=O) groups excluding carboxylic acids is 2. The molecule has 0 radical (unpaired) electrons. The van der Waals surface area contributed by atoms with Crippen LogP contribution in [-0.4, -0.2) is 49.4 Å². The van der Waals surface area contributed by atoms with E-state index in [2.05, 4.69) is 10.6 Å². The van der Waals surface area contributed by atoms with Gasteiger partial charge in [-0.3, -0.25) is 9.59 Å². The molecule has 0 aromatic carbocycles. The zero-order valence-electron chi connectivity index (χ0n) is 9.38. The van der Waals surface area contributed by atoms with E-state index >= 15 is 0 Å². The summed E-state index contributed by atoms with van der Waals surface area (Å²) >= 11 is 0. The van der Waals surface area contributed by atoms with Crippen LogP contribution in [0.3, 0.4) is 0 Å². The molecule has 1 rings (SSSR count). The van der Waals surface area contributed by atoms with Crippen molar-refractivity contribution in [2.45, 2.75) is 25.8 Å². The molecular formula is C10H19N3O2. The lowest BCUT2D eigenvalue weighted by Gasteiger charge is -2.30. The van der Waals surface area contributed by atoms with Gasteiger partial charge in [0.15, 0.2) is 0 Å². The van der Waals surface area contributed by atoms with E-state index < -0.39 is 0 Å². The Labute approximate surface area is 90.2 Å². The number of piperidine rings is 1. The number of hydrogen-bond acceptors (Lipinski definition) is 3. The van der Waals surface area contributed by atoms with Crippen molar-refractivity contribution >= 4 is 11.8 Å². The van der Waals surface area contributed by atoms with Crippen LogP contribution in [-0.2, 0) is 9.59 Å². The van der Waals surface area contributed by atoms with E-state index in [4.69, 9.17) is 0 Å². The third kappa shape index (κ3) is 3.87. The summed E-state index contributed by atoms with van der Waals surface area (Å²) in [5.41, 5.74) is 0. The monoisotopic (exact) mass is 213 g/mol. The Hall–Kier alpha value is -1.10. The fourth-order valence-electron chi connectivity index (χ4n) is 1.65. The van der Waals surface area contributed by atoms with Gasteiger partial charge >= 0.3 is 0 Å². The first-order valence-electron chi connectivity index (χ1n) is 5.37. The van der Waals surface area contributed by atoms with E-state index in [-0.39, 0.29) is 17.9 Å². The second-order valence-electron chi connectivity index (χ2n) is 3.86. The average molecular weight is 213 g/mol. The SMILES string of the molecule is CCNCC(=O)NC1CCC(=O)N(C)C1. The van der Waals surface area contributed by atoms with Crippen LogP contribution >= 0.6 is 0 Å². The molecule has 15 heavy (non-hydrogen) atoms. The van der Waals surface area contributed by atoms with E-state index in [0.29, 0.717) is 19.5 Å². The molecular weight excluding hydrogens is 194 g/mol. The smallest absolute Gasteiger partial charge is 0.234 e. The molecule has 0 saturated carbocycles. The molecule has 0 aliphatic carbocycles. The maximum atomic E-state index is 11.4. The summed E-state index contributed by atoms with van der Waals surface area (Å²) in [6, 6.07) is 0.110. The lowest BCUT2D eigenvalue weighted by atomic mass is 10.1. The van der Waals surface area contributed by atoms with Crippen molar-refractivity contribution in [3.8, 4) is 0 Å². The Morgan fingerprint density at radius 3 is 2.93 bits per heavy atom. The minimum atomic E-state index is 0.00426. The van der Waals surface area contributed by atoms with Gasteiger partial charge in [-0.25, -0.2) is 0 Å². The number of nitrogens with zero attached hydrogens (tertiary/aromatic N) is 1. The summed E-state index contributed by atoms with van der Waals surface area (Å²) in [6.07, 6.45) is 1.28. The van der Waals surface area contributed by atoms with Gasteiger partial charge in [0, 0.05) is 26.1 Å². The molecule has 5 heteroatoms. The Morgan fingerprint density at radius 2 is 2.33 bits per heavy atom. The van der Waals surface area contributed by atoms with Crippen LogP contribution in [0.2, 0.25) is 0 Å². The molecule has 0 spiro atoms. The summed E-state index contributed by atoms with van der Waals surface area (Å²) in [5.74, 6) is 0.164. The zero-order chi connectivity index (χ0) is 11.3. The molecule has 0 bridgehead atoms. The minimum absolute atomic E-state index is 0.00426. The summed E-state index contributed by atoms with van der Waals surface area (Å²) in [7, 11) is 1.77. The molecule has 1 unspecified atom stereocenters. The highest BCUT2D eigenvalue weighted by molar-refractivity contribution is 5.80. The predicted molar refractivity (Wildman–Crippen MR) is 57.3 cm³/mol. The first-order chi connectivity index (χ1) is 7.13. The largest absolute Gasteiger partial charge is 0.350 e. The number of carbonyl (C=O) groups is 2. The predicted octanol–water partition coefficient (Wildman–Crippen LogP) is -0.667. The van der Waals surface area contributed by atoms with Gasteiger partial charge in [0.05, 0.1) is 6.54 Å². The maximum absolute atomic E-state index is 11.4. The molecule has 5 nitrogen and oxygen atoms in total. The Kier molecular flexibility index (Phi) is 4.55. The number of likely N-dealkylation sites (tertiary alicyclic amines) is 1. The van der Waals surface area contributed by atoms with Crippen molar-refractivity contribution in [3.63, 3.8) is 0 Å². The van der Waals surface area contributed by atoms with Gasteiger partial charge in [-0.05, 0) is 13.0 Å². The van der Waals surface area contributed by atoms with Crippen LogP contribution in [0.4, 0.5) is 0 Å². The van der Waals surface area contributed by atoms with Gasteiger partial charge in [0.25, 0.3) is 0 Å². The molecule has 1 aliphatic heterocycles. The summed E-state index contributed by atoms with van der Waals surface area (Å²) in [4.78, 5) is 24.2. The highest BCUT2D eigenvalue weighted by Crippen LogP contribution is 2.09. The van der Waals surface area contributed by atoms with Crippen molar-refractivity contribution < 1.29 is 9.59 Å². The molecule has 2 N–H and O–H groups in total. The second-order valence-corrected chi connectivity index (χ2v) is 3.86. The second kappa shape index (κ2) is 5.70. The highest BCUT2D eigenvalue weighted by Gasteiger charge is 2.23. The normalized spacial score (nSPS) is 21.6. The Bertz CT molecular complexity index is 243. The van der Waals surface area contributed by atoms with Crippen molar-refractivity contribution in [3.05, 3.63) is 0 Å². The van der Waals surface area contributed by atoms with Gasteiger partial charge in [-0.2, -0.15) is 0 Å². The van der Waals surface area contributed by atoms with Crippen molar-refractivity contribution in [2.24, 2.45) is 0 Å². The Balaban J connectivity index is 2.27. The molecule has 1 aliphatic rings. The first kappa shape index (κ1) is 12.0. The van der Waals surface area contributed by atoms with Crippen LogP contribution < -0.4 is 10.6 Å². The molecule has 86 valence electrons. The van der Waals surface area contributed by atoms with E-state index in [1.165, 1.54) is 0 Å². The van der Waals surface area contributed by atoms with E-state index in [1.807, 2.05) is 6.92 Å². The van der Waals surface area contributed by atoms with Crippen LogP contribution in [0.1, 0.15) is 19.8 Å². The van der Waals surface area contributed by atoms with Crippen LogP contribution in [0.5, 0.6) is 0 Å². The van der Waals surface area contributed by atoms with Gasteiger partial charge in [-0.1, -0.05) is 6.92 Å². The van der Waals surface area contributed by atoms with Crippen LogP contribution in [0.25, 0.3) is 0 Å². The summed E-state index contributed by atoms with van der Waals surface area (Å²) < 4.78 is 0. The molecule has 1 heterocycles. The van der Waals surface area contributed by atoms with Gasteiger partial charge in [0.2, 0.25) is 11.8 Å². The molecule has 1 atom stereocenters. The Morgan fingerprint density at radius 1 is 1.60 bits per heavy atom. The van der Waals surface area contributed by atoms with E-state index in [1.54, 1.807) is 11.9 Å². The third-order valence-electron chi connectivity index (χ3n) is 2.53. The number of amides is 2. The molecule has 1 saturated heterocycles. The standard InChI is InChI=1S/C10H19N3O2/c1-3-11-6-9(14)12-8-4-5-10(15)13(2)7-8/h8,11H,3-7H2,1-2H3,(H,12,14). The highest BCUT2D eigenvalue weighted by atomic mass is 16.2. The topological polar surface area (TPSA) is 61.4 Å². The van der Waals surface area contributed by atoms with E-state index in [0.717, 1.165) is 13.0 Å². The molecule has 0 aromatic heterocycles. The lowest BCUT2D eigenvalue weighted by Crippen LogP contribution is -2.50. The molecule has 2 amide bonds. The number of nitrogens with one attached hydrogen (secondary N) is 2. The quantitative estimate of drug-likeness (QED) is 0.651. The van der Waals surface area contributed by atoms with Crippen molar-refractivity contribution in [1.29, 1.82) is 0 Å². The number of hydrogen-bond donors (Lipinski definition) is 2. The van der Waals surface area contributed by atoms with E-state index in [9.17, 15) is 9.59 Å². The van der Waals surface area contributed by atoms with Gasteiger partial charge in [0.1, 0.15) is 0 Å². The molecule has 0 aromatic rings. The first-order valence-corrected chi connectivity index (χ1v) is 5.37. The number of likely N-dealkylation sites (N-methyl/N-ethyl adjacent to an activating group) is 2. The fourth-order valence-corrected chi connectivity index (χ4v) is 1.65. The minimum Gasteiger partial charge on any atom is -0.350 e. The maximum Gasteiger partial charge on any atom is 0.234 e. The van der Waals surface area contributed by atoms with Gasteiger partial charge in [-0.15, -0.1) is 0 Å². The van der Waals surface area contributed by atoms with Crippen LogP contribution in [0, 0.1) is 0 Å². The van der Waals surface area contributed by atoms with Crippen LogP contribution in [0.15, 0.2) is 0 Å². The summed E-state index contributed by atoms with van der Waals surface area (Å²) in [6.45, 7) is 3.72. The lowest BCUT2D eigenvalue weighted by molar-refractivity contribution is -0.133. The van der Waals surface area contributed by atoms with Crippen molar-refractivity contribution in [2.75, 3.05) is 26.7 Å². The van der Waals surface area contributed by atoms with Gasteiger partial charge < -0.3 is 15.5 Å². The van der Waals surface area contributed by atoms with Crippen molar-refractivity contribution in [1.82, 2.24) is 15.5 Å². The number of rotatable bonds is 4. The molecule has 1 fully saturated rings.